The number of piperidine rings is 2. The molecule has 2 saturated heterocycles. The van der Waals surface area contributed by atoms with Crippen LogP contribution in [0.1, 0.15) is 49.8 Å². The fourth-order valence-corrected chi connectivity index (χ4v) is 6.90. The number of alkyl halides is 3. The summed E-state index contributed by atoms with van der Waals surface area (Å²) in [5.74, 6) is -0.168. The molecule has 3 aromatic rings. The summed E-state index contributed by atoms with van der Waals surface area (Å²) in [5.41, 5.74) is -0.345. The predicted octanol–water partition coefficient (Wildman–Crippen LogP) is 5.29. The number of imidazole rings is 1. The van der Waals surface area contributed by atoms with Gasteiger partial charge in [0.2, 0.25) is 16.0 Å². The van der Waals surface area contributed by atoms with E-state index in [0.717, 1.165) is 24.7 Å². The number of aromatic nitrogens is 4. The second-order valence-electron chi connectivity index (χ2n) is 11.0. The summed E-state index contributed by atoms with van der Waals surface area (Å²) < 4.78 is 68.6. The van der Waals surface area contributed by atoms with Crippen molar-refractivity contribution in [3.05, 3.63) is 53.1 Å². The minimum Gasteiger partial charge on any atom is -0.465 e. The van der Waals surface area contributed by atoms with Gasteiger partial charge in [0.15, 0.2) is 0 Å². The number of hydrogen-bond donors (Lipinski definition) is 2. The quantitative estimate of drug-likeness (QED) is 0.371. The fraction of sp³-hybridized carbons (Fsp3) is 0.481. The molecule has 16 heteroatoms. The highest BCUT2D eigenvalue weighted by molar-refractivity contribution is 7.88. The van der Waals surface area contributed by atoms with Crippen LogP contribution in [0.25, 0.3) is 17.1 Å². The van der Waals surface area contributed by atoms with Gasteiger partial charge in [-0.3, -0.25) is 0 Å². The van der Waals surface area contributed by atoms with Crippen molar-refractivity contribution in [2.45, 2.75) is 50.9 Å². The fourth-order valence-electron chi connectivity index (χ4n) is 5.67. The minimum absolute atomic E-state index is 0.0277. The Morgan fingerprint density at radius 1 is 1.16 bits per heavy atom. The van der Waals surface area contributed by atoms with E-state index in [0.29, 0.717) is 31.3 Å². The maximum atomic E-state index is 14.0. The number of carbonyl (C=O) groups is 1. The van der Waals surface area contributed by atoms with Crippen LogP contribution in [0.2, 0.25) is 5.02 Å². The van der Waals surface area contributed by atoms with E-state index in [-0.39, 0.29) is 47.8 Å². The molecule has 1 amide bonds. The molecule has 0 spiro atoms. The average Bonchev–Trinajstić information content (AvgIpc) is 3.43. The number of carboxylic acid groups (broad SMARTS) is 1. The summed E-state index contributed by atoms with van der Waals surface area (Å²) in [6, 6.07) is 4.53. The number of benzene rings is 1. The van der Waals surface area contributed by atoms with Crippen molar-refractivity contribution in [3.8, 4) is 17.1 Å². The Labute approximate surface area is 251 Å². The first kappa shape index (κ1) is 31.0. The number of nitrogens with one attached hydrogen (secondary N) is 1. The van der Waals surface area contributed by atoms with Crippen LogP contribution in [0.15, 0.2) is 36.9 Å². The average molecular weight is 642 g/mol. The number of halogens is 4. The van der Waals surface area contributed by atoms with Crippen LogP contribution in [-0.2, 0) is 16.2 Å². The van der Waals surface area contributed by atoms with Crippen LogP contribution < -0.4 is 5.32 Å². The first-order valence-corrected chi connectivity index (χ1v) is 15.9. The van der Waals surface area contributed by atoms with Crippen molar-refractivity contribution in [1.29, 1.82) is 0 Å². The Morgan fingerprint density at radius 3 is 2.58 bits per heavy atom. The van der Waals surface area contributed by atoms with Gasteiger partial charge in [-0.15, -0.1) is 0 Å². The van der Waals surface area contributed by atoms with Crippen LogP contribution in [-0.4, -0.2) is 80.3 Å². The van der Waals surface area contributed by atoms with Gasteiger partial charge in [0.1, 0.15) is 23.3 Å². The Kier molecular flexibility index (Phi) is 8.60. The van der Waals surface area contributed by atoms with Crippen LogP contribution in [0.4, 0.5) is 23.9 Å². The standard InChI is InChI=1S/C27H31ClF3N7O4S/c1-16-13-37(43(2,41)42)10-8-20(16)34-25-32-12-18(27(29,30)31)24(35-25)21-14-36(15-33-21)23-7-6-17(11-19(23)28)22-5-3-4-9-38(22)26(39)40/h6-7,11-12,14-16,20,22H,3-5,8-10,13H2,1-2H3,(H,39,40)(H,32,34,35)/t16-,20+,22?/m1/s1. The molecule has 43 heavy (non-hydrogen) atoms. The van der Waals surface area contributed by atoms with Crippen LogP contribution in [0.3, 0.4) is 0 Å². The first-order valence-electron chi connectivity index (χ1n) is 13.7. The smallest absolute Gasteiger partial charge is 0.420 e. The molecule has 3 atom stereocenters. The molecule has 4 heterocycles. The molecule has 5 rings (SSSR count). The number of rotatable bonds is 6. The van der Waals surface area contributed by atoms with E-state index in [1.54, 1.807) is 18.2 Å². The van der Waals surface area contributed by atoms with Crippen molar-refractivity contribution in [3.63, 3.8) is 0 Å². The van der Waals surface area contributed by atoms with E-state index in [2.05, 4.69) is 20.3 Å². The lowest BCUT2D eigenvalue weighted by molar-refractivity contribution is -0.137. The maximum Gasteiger partial charge on any atom is 0.420 e. The molecule has 0 saturated carbocycles. The topological polar surface area (TPSA) is 134 Å². The molecule has 11 nitrogen and oxygen atoms in total. The van der Waals surface area contributed by atoms with Crippen molar-refractivity contribution in [2.75, 3.05) is 31.2 Å². The maximum absolute atomic E-state index is 14.0. The second kappa shape index (κ2) is 11.9. The van der Waals surface area contributed by atoms with Gasteiger partial charge >= 0.3 is 12.3 Å². The molecule has 1 aromatic carbocycles. The van der Waals surface area contributed by atoms with Gasteiger partial charge < -0.3 is 19.9 Å². The number of anilines is 1. The Hall–Kier alpha value is -3.43. The van der Waals surface area contributed by atoms with Gasteiger partial charge in [0.05, 0.1) is 23.0 Å². The third kappa shape index (κ3) is 6.73. The summed E-state index contributed by atoms with van der Waals surface area (Å²) in [4.78, 5) is 25.4. The van der Waals surface area contributed by atoms with Gasteiger partial charge in [-0.25, -0.2) is 32.5 Å². The van der Waals surface area contributed by atoms with E-state index in [1.165, 1.54) is 26.3 Å². The molecular weight excluding hydrogens is 611 g/mol. The number of nitrogens with zero attached hydrogens (tertiary/aromatic N) is 6. The van der Waals surface area contributed by atoms with E-state index < -0.39 is 33.6 Å². The van der Waals surface area contributed by atoms with Gasteiger partial charge in [0, 0.05) is 38.1 Å². The van der Waals surface area contributed by atoms with Gasteiger partial charge in [-0.1, -0.05) is 24.6 Å². The van der Waals surface area contributed by atoms with Crippen molar-refractivity contribution in [1.82, 2.24) is 28.7 Å². The number of hydrogen-bond acceptors (Lipinski definition) is 7. The molecule has 2 aliphatic rings. The monoisotopic (exact) mass is 641 g/mol. The predicted molar refractivity (Wildman–Crippen MR) is 154 cm³/mol. The summed E-state index contributed by atoms with van der Waals surface area (Å²) in [6.07, 6.45) is 1.59. The molecular formula is C27H31ClF3N7O4S. The Bertz CT molecular complexity index is 1620. The van der Waals surface area contributed by atoms with Crippen molar-refractivity contribution >= 4 is 33.7 Å². The molecule has 2 N–H and O–H groups in total. The van der Waals surface area contributed by atoms with Crippen molar-refractivity contribution in [2.24, 2.45) is 5.92 Å². The number of likely N-dealkylation sites (tertiary alicyclic amines) is 1. The van der Waals surface area contributed by atoms with E-state index >= 15 is 0 Å². The van der Waals surface area contributed by atoms with Crippen molar-refractivity contribution < 1.29 is 31.5 Å². The minimum atomic E-state index is -4.75. The van der Waals surface area contributed by atoms with E-state index in [1.807, 2.05) is 6.92 Å². The summed E-state index contributed by atoms with van der Waals surface area (Å²) in [5, 5.41) is 12.9. The molecule has 2 aliphatic heterocycles. The SMILES string of the molecule is C[C@@H]1CN(S(C)(=O)=O)CC[C@@H]1Nc1ncc(C(F)(F)F)c(-c2cn(-c3ccc(C4CCCCN4C(=O)O)cc3Cl)cn2)n1. The molecule has 2 fully saturated rings. The number of sulfonamides is 1. The van der Waals surface area contributed by atoms with Gasteiger partial charge in [-0.2, -0.15) is 13.2 Å². The number of amides is 1. The summed E-state index contributed by atoms with van der Waals surface area (Å²) in [7, 11) is -3.35. The molecule has 0 bridgehead atoms. The van der Waals surface area contributed by atoms with Crippen LogP contribution in [0.5, 0.6) is 0 Å². The third-order valence-electron chi connectivity index (χ3n) is 7.95. The normalized spacial score (nSPS) is 22.0. The molecule has 1 unspecified atom stereocenters. The third-order valence-corrected chi connectivity index (χ3v) is 9.53. The lowest BCUT2D eigenvalue weighted by Gasteiger charge is -2.35. The lowest BCUT2D eigenvalue weighted by atomic mass is 9.95. The Morgan fingerprint density at radius 2 is 1.93 bits per heavy atom. The van der Waals surface area contributed by atoms with E-state index in [9.17, 15) is 31.5 Å². The highest BCUT2D eigenvalue weighted by Gasteiger charge is 2.37. The van der Waals surface area contributed by atoms with Gasteiger partial charge in [-0.05, 0) is 49.3 Å². The molecule has 0 aliphatic carbocycles. The van der Waals surface area contributed by atoms with E-state index in [4.69, 9.17) is 11.6 Å². The molecule has 232 valence electrons. The van der Waals surface area contributed by atoms with Gasteiger partial charge in [0.25, 0.3) is 0 Å². The largest absolute Gasteiger partial charge is 0.465 e. The van der Waals surface area contributed by atoms with Crippen LogP contribution in [0, 0.1) is 5.92 Å². The first-order chi connectivity index (χ1) is 20.2. The zero-order valence-corrected chi connectivity index (χ0v) is 25.0. The highest BCUT2D eigenvalue weighted by Crippen LogP contribution is 2.37. The second-order valence-corrected chi connectivity index (χ2v) is 13.3. The zero-order valence-electron chi connectivity index (χ0n) is 23.4. The summed E-state index contributed by atoms with van der Waals surface area (Å²) >= 11 is 6.58. The molecule has 0 radical (unpaired) electrons. The van der Waals surface area contributed by atoms with Crippen LogP contribution >= 0.6 is 11.6 Å². The lowest BCUT2D eigenvalue weighted by Crippen LogP contribution is -2.47. The molecule has 2 aromatic heterocycles. The Balaban J connectivity index is 1.41. The zero-order chi connectivity index (χ0) is 31.1. The summed E-state index contributed by atoms with van der Waals surface area (Å²) in [6.45, 7) is 2.82. The highest BCUT2D eigenvalue weighted by atomic mass is 35.5.